The van der Waals surface area contributed by atoms with Crippen molar-refractivity contribution in [3.63, 3.8) is 0 Å². The van der Waals surface area contributed by atoms with E-state index >= 15 is 0 Å². The molecule has 3 atom stereocenters. The molecule has 0 saturated carbocycles. The van der Waals surface area contributed by atoms with Gasteiger partial charge in [-0.2, -0.15) is 0 Å². The van der Waals surface area contributed by atoms with E-state index in [9.17, 15) is 9.59 Å². The van der Waals surface area contributed by atoms with Crippen LogP contribution in [0.2, 0.25) is 0 Å². The summed E-state index contributed by atoms with van der Waals surface area (Å²) >= 11 is 4.67. The van der Waals surface area contributed by atoms with E-state index in [2.05, 4.69) is 38.8 Å². The Labute approximate surface area is 149 Å². The van der Waals surface area contributed by atoms with E-state index in [0.29, 0.717) is 10.8 Å². The van der Waals surface area contributed by atoms with Gasteiger partial charge in [0.15, 0.2) is 0 Å². The van der Waals surface area contributed by atoms with E-state index in [1.165, 1.54) is 11.3 Å². The number of rotatable bonds is 4. The van der Waals surface area contributed by atoms with E-state index in [4.69, 9.17) is 0 Å². The minimum Gasteiger partial charge on any atom is -0.351 e. The second kappa shape index (κ2) is 8.86. The molecule has 1 aliphatic rings. The summed E-state index contributed by atoms with van der Waals surface area (Å²) in [6.45, 7) is 5.65. The summed E-state index contributed by atoms with van der Waals surface area (Å²) in [6.07, 6.45) is 0.922. The fourth-order valence-corrected chi connectivity index (χ4v) is 3.60. The van der Waals surface area contributed by atoms with Crippen molar-refractivity contribution in [1.82, 2.24) is 16.0 Å². The molecule has 0 radical (unpaired) electrons. The van der Waals surface area contributed by atoms with Crippen molar-refractivity contribution in [2.24, 2.45) is 5.92 Å². The normalized spacial score (nSPS) is 22.3. The van der Waals surface area contributed by atoms with Gasteiger partial charge in [-0.05, 0) is 60.4 Å². The van der Waals surface area contributed by atoms with E-state index in [1.54, 1.807) is 13.0 Å². The summed E-state index contributed by atoms with van der Waals surface area (Å²) < 4.78 is 0.897. The molecule has 0 bridgehead atoms. The van der Waals surface area contributed by atoms with E-state index < -0.39 is 6.04 Å². The molecule has 1 fully saturated rings. The van der Waals surface area contributed by atoms with E-state index in [1.807, 2.05) is 6.07 Å². The van der Waals surface area contributed by atoms with Crippen LogP contribution in [0.4, 0.5) is 0 Å². The Morgan fingerprint density at radius 2 is 2.18 bits per heavy atom. The van der Waals surface area contributed by atoms with Gasteiger partial charge in [0, 0.05) is 6.04 Å². The number of hydrogen-bond acceptors (Lipinski definition) is 4. The number of thiophene rings is 1. The van der Waals surface area contributed by atoms with Gasteiger partial charge in [0.2, 0.25) is 5.91 Å². The van der Waals surface area contributed by atoms with Crippen molar-refractivity contribution in [2.75, 3.05) is 13.1 Å². The molecular weight excluding hydrogens is 390 g/mol. The highest BCUT2D eigenvalue weighted by atomic mass is 79.9. The van der Waals surface area contributed by atoms with Gasteiger partial charge in [-0.1, -0.05) is 6.92 Å². The van der Waals surface area contributed by atoms with Crippen LogP contribution >= 0.6 is 39.7 Å². The van der Waals surface area contributed by atoms with Crippen molar-refractivity contribution in [1.29, 1.82) is 0 Å². The van der Waals surface area contributed by atoms with Crippen molar-refractivity contribution < 1.29 is 9.59 Å². The Morgan fingerprint density at radius 3 is 2.77 bits per heavy atom. The second-order valence-electron chi connectivity index (χ2n) is 5.38. The van der Waals surface area contributed by atoms with Crippen LogP contribution in [0.1, 0.15) is 29.9 Å². The summed E-state index contributed by atoms with van der Waals surface area (Å²) in [7, 11) is 0. The van der Waals surface area contributed by atoms with Crippen LogP contribution in [0.25, 0.3) is 0 Å². The monoisotopic (exact) mass is 409 g/mol. The zero-order valence-corrected chi connectivity index (χ0v) is 15.7. The average Bonchev–Trinajstić information content (AvgIpc) is 2.88. The average molecular weight is 411 g/mol. The molecular formula is C14H21BrClN3O2S. The number of carbonyl (C=O) groups excluding carboxylic acids is 2. The highest BCUT2D eigenvalue weighted by Gasteiger charge is 2.25. The number of halogens is 2. The lowest BCUT2D eigenvalue weighted by atomic mass is 9.95. The van der Waals surface area contributed by atoms with Gasteiger partial charge in [0.1, 0.15) is 6.04 Å². The fourth-order valence-electron chi connectivity index (χ4n) is 2.31. The zero-order valence-electron chi connectivity index (χ0n) is 12.5. The molecule has 8 heteroatoms. The molecule has 124 valence electrons. The minimum atomic E-state index is -0.541. The first kappa shape index (κ1) is 19.4. The predicted octanol–water partition coefficient (Wildman–Crippen LogP) is 2.16. The molecule has 5 nitrogen and oxygen atoms in total. The van der Waals surface area contributed by atoms with Gasteiger partial charge >= 0.3 is 0 Å². The van der Waals surface area contributed by atoms with Crippen molar-refractivity contribution in [3.05, 3.63) is 20.8 Å². The third-order valence-electron chi connectivity index (χ3n) is 3.65. The molecule has 2 heterocycles. The molecule has 0 aliphatic carbocycles. The molecule has 22 heavy (non-hydrogen) atoms. The van der Waals surface area contributed by atoms with Gasteiger partial charge < -0.3 is 16.0 Å². The maximum Gasteiger partial charge on any atom is 0.262 e. The van der Waals surface area contributed by atoms with Crippen LogP contribution in [-0.2, 0) is 4.79 Å². The van der Waals surface area contributed by atoms with Crippen LogP contribution in [0.15, 0.2) is 15.9 Å². The highest BCUT2D eigenvalue weighted by Crippen LogP contribution is 2.21. The molecule has 1 aromatic heterocycles. The van der Waals surface area contributed by atoms with Crippen molar-refractivity contribution in [2.45, 2.75) is 32.4 Å². The maximum atomic E-state index is 12.2. The molecule has 1 saturated heterocycles. The third-order valence-corrected chi connectivity index (χ3v) is 5.27. The number of nitrogens with one attached hydrogen (secondary N) is 3. The molecule has 2 amide bonds. The molecule has 3 unspecified atom stereocenters. The molecule has 1 aromatic rings. The Morgan fingerprint density at radius 1 is 1.45 bits per heavy atom. The maximum absolute atomic E-state index is 12.2. The molecule has 0 spiro atoms. The van der Waals surface area contributed by atoms with Crippen LogP contribution in [0.3, 0.4) is 0 Å². The number of amides is 2. The number of piperidine rings is 1. The first-order chi connectivity index (χ1) is 9.97. The predicted molar refractivity (Wildman–Crippen MR) is 94.8 cm³/mol. The van der Waals surface area contributed by atoms with E-state index in [-0.39, 0.29) is 30.3 Å². The largest absolute Gasteiger partial charge is 0.351 e. The molecule has 1 aliphatic heterocycles. The number of carbonyl (C=O) groups is 2. The lowest BCUT2D eigenvalue weighted by Crippen LogP contribution is -2.53. The van der Waals surface area contributed by atoms with Gasteiger partial charge in [0.05, 0.1) is 8.66 Å². The molecule has 3 N–H and O–H groups in total. The first-order valence-electron chi connectivity index (χ1n) is 7.04. The van der Waals surface area contributed by atoms with Gasteiger partial charge in [-0.15, -0.1) is 23.7 Å². The van der Waals surface area contributed by atoms with E-state index in [0.717, 1.165) is 23.3 Å². The SMILES string of the molecule is CC(NC(=O)c1ccc(Br)s1)C(=O)NC1CCNCC1C.Cl. The second-order valence-corrected chi connectivity index (χ2v) is 7.85. The Hall–Kier alpha value is -0.630. The smallest absolute Gasteiger partial charge is 0.262 e. The van der Waals surface area contributed by atoms with Crippen molar-refractivity contribution in [3.8, 4) is 0 Å². The number of hydrogen-bond donors (Lipinski definition) is 3. The summed E-state index contributed by atoms with van der Waals surface area (Å²) in [5.41, 5.74) is 0. The first-order valence-corrected chi connectivity index (χ1v) is 8.65. The highest BCUT2D eigenvalue weighted by molar-refractivity contribution is 9.11. The van der Waals surface area contributed by atoms with Crippen LogP contribution in [0.5, 0.6) is 0 Å². The quantitative estimate of drug-likeness (QED) is 0.712. The lowest BCUT2D eigenvalue weighted by Gasteiger charge is -2.31. The topological polar surface area (TPSA) is 70.2 Å². The minimum absolute atomic E-state index is 0. The molecule has 0 aromatic carbocycles. The Kier molecular flexibility index (Phi) is 7.82. The summed E-state index contributed by atoms with van der Waals surface area (Å²) in [4.78, 5) is 24.8. The van der Waals surface area contributed by atoms with Crippen LogP contribution < -0.4 is 16.0 Å². The van der Waals surface area contributed by atoms with Gasteiger partial charge in [-0.3, -0.25) is 9.59 Å². The summed E-state index contributed by atoms with van der Waals surface area (Å²) in [6, 6.07) is 3.19. The Bertz CT molecular complexity index is 526. The van der Waals surface area contributed by atoms with Crippen LogP contribution in [-0.4, -0.2) is 37.0 Å². The molecule has 2 rings (SSSR count). The van der Waals surface area contributed by atoms with Crippen molar-refractivity contribution >= 4 is 51.5 Å². The summed E-state index contributed by atoms with van der Waals surface area (Å²) in [5.74, 6) is 0.0586. The lowest BCUT2D eigenvalue weighted by molar-refractivity contribution is -0.123. The van der Waals surface area contributed by atoms with Crippen LogP contribution in [0, 0.1) is 5.92 Å². The fraction of sp³-hybridized carbons (Fsp3) is 0.571. The third kappa shape index (κ3) is 5.22. The Balaban J connectivity index is 0.00000242. The summed E-state index contributed by atoms with van der Waals surface area (Å²) in [5, 5.41) is 9.07. The van der Waals surface area contributed by atoms with Gasteiger partial charge in [0.25, 0.3) is 5.91 Å². The zero-order chi connectivity index (χ0) is 15.4. The standard InChI is InChI=1S/C14H20BrN3O2S.ClH/c1-8-7-16-6-5-10(8)18-13(19)9(2)17-14(20)11-3-4-12(15)21-11;/h3-4,8-10,16H,5-7H2,1-2H3,(H,17,20)(H,18,19);1H. The van der Waals surface area contributed by atoms with Gasteiger partial charge in [-0.25, -0.2) is 0 Å².